The van der Waals surface area contributed by atoms with Gasteiger partial charge in [-0.25, -0.2) is 14.0 Å². The van der Waals surface area contributed by atoms with E-state index in [1.807, 2.05) is 0 Å². The maximum absolute atomic E-state index is 14.0. The maximum Gasteiger partial charge on any atom is 0.407 e. The second-order valence-electron chi connectivity index (χ2n) is 14.1. The molecule has 0 radical (unpaired) electrons. The number of rotatable bonds is 8. The first-order chi connectivity index (χ1) is 21.4. The minimum Gasteiger partial charge on any atom is -0.477 e. The molecule has 1 aromatic carbocycles. The van der Waals surface area contributed by atoms with Crippen molar-refractivity contribution in [1.82, 2.24) is 15.2 Å². The molecule has 5 rings (SSSR count). The van der Waals surface area contributed by atoms with Gasteiger partial charge in [-0.1, -0.05) is 32.1 Å². The van der Waals surface area contributed by atoms with Gasteiger partial charge in [0.1, 0.15) is 24.0 Å². The van der Waals surface area contributed by atoms with E-state index in [-0.39, 0.29) is 35.3 Å². The lowest BCUT2D eigenvalue weighted by Gasteiger charge is -2.37. The zero-order chi connectivity index (χ0) is 32.3. The molecule has 3 fully saturated rings. The summed E-state index contributed by atoms with van der Waals surface area (Å²) in [5.74, 6) is -1.17. The van der Waals surface area contributed by atoms with Gasteiger partial charge in [-0.15, -0.1) is 0 Å². The lowest BCUT2D eigenvalue weighted by molar-refractivity contribution is -0.142. The summed E-state index contributed by atoms with van der Waals surface area (Å²) in [6.07, 6.45) is 8.09. The number of carboxylic acid groups (broad SMARTS) is 1. The lowest BCUT2D eigenvalue weighted by atomic mass is 9.76. The maximum atomic E-state index is 14.0. The zero-order valence-electron chi connectivity index (χ0n) is 26.6. The van der Waals surface area contributed by atoms with Gasteiger partial charge >= 0.3 is 12.1 Å². The molecule has 0 unspecified atom stereocenters. The summed E-state index contributed by atoms with van der Waals surface area (Å²) in [6, 6.07) is 5.53. The quantitative estimate of drug-likeness (QED) is 0.272. The number of hydrogen-bond donors (Lipinski definition) is 4. The van der Waals surface area contributed by atoms with Crippen molar-refractivity contribution in [3.8, 4) is 0 Å². The molecule has 1 aliphatic heterocycles. The highest BCUT2D eigenvalue weighted by Crippen LogP contribution is 2.41. The van der Waals surface area contributed by atoms with Gasteiger partial charge in [-0.2, -0.15) is 0 Å². The van der Waals surface area contributed by atoms with Crippen molar-refractivity contribution in [3.63, 3.8) is 0 Å². The summed E-state index contributed by atoms with van der Waals surface area (Å²) in [7, 11) is 0. The van der Waals surface area contributed by atoms with E-state index in [0.29, 0.717) is 54.7 Å². The van der Waals surface area contributed by atoms with Crippen LogP contribution in [0.15, 0.2) is 24.3 Å². The number of carboxylic acids is 1. The SMILES string of the molecule is CC(C)(C)OC(=O)N[C@H](CF)C1CCC(C(=O)N2CC[C@@H](C3CCCCC3)[C@H]2C(=O)Nc2ccc3[nH]c(C(=O)O)cc3c2)CC1. The second kappa shape index (κ2) is 13.8. The molecule has 0 bridgehead atoms. The Morgan fingerprint density at radius 1 is 1.02 bits per heavy atom. The van der Waals surface area contributed by atoms with E-state index in [1.165, 1.54) is 12.5 Å². The molecule has 3 atom stereocenters. The topological polar surface area (TPSA) is 141 Å². The zero-order valence-corrected chi connectivity index (χ0v) is 26.6. The Morgan fingerprint density at radius 2 is 1.73 bits per heavy atom. The average Bonchev–Trinajstić information content (AvgIpc) is 3.64. The van der Waals surface area contributed by atoms with Crippen LogP contribution in [0.4, 0.5) is 14.9 Å². The molecular weight excluding hydrogens is 579 g/mol. The van der Waals surface area contributed by atoms with Crippen LogP contribution >= 0.6 is 0 Å². The van der Waals surface area contributed by atoms with Gasteiger partial charge < -0.3 is 30.4 Å². The Labute approximate surface area is 263 Å². The highest BCUT2D eigenvalue weighted by atomic mass is 19.1. The highest BCUT2D eigenvalue weighted by molar-refractivity contribution is 6.00. The largest absolute Gasteiger partial charge is 0.477 e. The first-order valence-corrected chi connectivity index (χ1v) is 16.5. The molecule has 2 heterocycles. The molecule has 45 heavy (non-hydrogen) atoms. The number of ether oxygens (including phenoxy) is 1. The summed E-state index contributed by atoms with van der Waals surface area (Å²) in [6.45, 7) is 5.11. The third kappa shape index (κ3) is 7.79. The van der Waals surface area contributed by atoms with Gasteiger partial charge in [0.25, 0.3) is 0 Å². The van der Waals surface area contributed by atoms with Crippen molar-refractivity contribution in [2.24, 2.45) is 23.7 Å². The number of aromatic amines is 1. The van der Waals surface area contributed by atoms with E-state index >= 15 is 0 Å². The molecule has 1 saturated heterocycles. The number of aromatic carboxylic acids is 1. The van der Waals surface area contributed by atoms with Crippen LogP contribution < -0.4 is 10.6 Å². The molecule has 11 heteroatoms. The van der Waals surface area contributed by atoms with Crippen LogP contribution in [0.25, 0.3) is 10.9 Å². The molecule has 2 aliphatic carbocycles. The average molecular weight is 627 g/mol. The van der Waals surface area contributed by atoms with E-state index in [4.69, 9.17) is 4.74 Å². The van der Waals surface area contributed by atoms with Crippen LogP contribution in [0.1, 0.15) is 95.5 Å². The number of fused-ring (bicyclic) bond motifs is 1. The minimum atomic E-state index is -1.05. The smallest absolute Gasteiger partial charge is 0.407 e. The Morgan fingerprint density at radius 3 is 2.38 bits per heavy atom. The standard InChI is InChI=1S/C34H47FN4O6/c1-34(2,3)45-33(44)38-28(19-35)21-9-11-22(12-10-21)31(41)39-16-15-25(20-7-5-4-6-8-20)29(39)30(40)36-24-13-14-26-23(17-24)18-27(37-26)32(42)43/h13-14,17-18,20-22,25,28-29,37H,4-12,15-16,19H2,1-3H3,(H,36,40)(H,38,44)(H,42,43)/t21?,22?,25-,28+,29-/m0/s1. The van der Waals surface area contributed by atoms with Gasteiger partial charge in [-0.3, -0.25) is 9.59 Å². The predicted octanol–water partition coefficient (Wildman–Crippen LogP) is 6.27. The lowest BCUT2D eigenvalue weighted by Crippen LogP contribution is -2.50. The fourth-order valence-corrected chi connectivity index (χ4v) is 7.74. The van der Waals surface area contributed by atoms with Crippen LogP contribution in [0.3, 0.4) is 0 Å². The van der Waals surface area contributed by atoms with Crippen molar-refractivity contribution < 1.29 is 33.4 Å². The molecule has 2 saturated carbocycles. The first kappa shape index (κ1) is 32.8. The van der Waals surface area contributed by atoms with E-state index < -0.39 is 36.4 Å². The molecule has 2 aromatic rings. The normalized spacial score (nSPS) is 25.1. The Kier molecular flexibility index (Phi) is 10.0. The van der Waals surface area contributed by atoms with Gasteiger partial charge in [-0.05, 0) is 94.9 Å². The van der Waals surface area contributed by atoms with Crippen molar-refractivity contribution in [2.75, 3.05) is 18.5 Å². The van der Waals surface area contributed by atoms with Gasteiger partial charge in [0.2, 0.25) is 11.8 Å². The number of likely N-dealkylation sites (tertiary alicyclic amines) is 1. The Balaban J connectivity index is 1.27. The van der Waals surface area contributed by atoms with Crippen LogP contribution in [0, 0.1) is 23.7 Å². The summed E-state index contributed by atoms with van der Waals surface area (Å²) >= 11 is 0. The number of carbonyl (C=O) groups excluding carboxylic acids is 3. The first-order valence-electron chi connectivity index (χ1n) is 16.5. The van der Waals surface area contributed by atoms with E-state index in [9.17, 15) is 28.7 Å². The molecular formula is C34H47FN4O6. The van der Waals surface area contributed by atoms with Crippen LogP contribution in [0.2, 0.25) is 0 Å². The summed E-state index contributed by atoms with van der Waals surface area (Å²) in [5.41, 5.74) is 0.615. The van der Waals surface area contributed by atoms with Crippen molar-refractivity contribution in [1.29, 1.82) is 0 Å². The number of alkyl halides is 1. The fraction of sp³-hybridized carbons (Fsp3) is 0.647. The van der Waals surface area contributed by atoms with Crippen LogP contribution in [0.5, 0.6) is 0 Å². The van der Waals surface area contributed by atoms with E-state index in [2.05, 4.69) is 15.6 Å². The van der Waals surface area contributed by atoms with Crippen LogP contribution in [-0.4, -0.2) is 69.8 Å². The second-order valence-corrected chi connectivity index (χ2v) is 14.1. The number of anilines is 1. The molecule has 10 nitrogen and oxygen atoms in total. The third-order valence-electron chi connectivity index (χ3n) is 9.93. The molecule has 1 aromatic heterocycles. The molecule has 3 amide bonds. The Bertz CT molecular complexity index is 1390. The number of halogens is 1. The van der Waals surface area contributed by atoms with Gasteiger partial charge in [0.05, 0.1) is 6.04 Å². The van der Waals surface area contributed by atoms with Crippen molar-refractivity contribution >= 4 is 40.5 Å². The highest BCUT2D eigenvalue weighted by Gasteiger charge is 2.47. The summed E-state index contributed by atoms with van der Waals surface area (Å²) in [5, 5.41) is 15.7. The van der Waals surface area contributed by atoms with Gasteiger partial charge in [0.15, 0.2) is 0 Å². The fourth-order valence-electron chi connectivity index (χ4n) is 7.74. The number of nitrogens with one attached hydrogen (secondary N) is 3. The molecule has 3 aliphatic rings. The van der Waals surface area contributed by atoms with Crippen molar-refractivity contribution in [3.05, 3.63) is 30.0 Å². The number of H-pyrrole nitrogens is 1. The van der Waals surface area contributed by atoms with Gasteiger partial charge in [0, 0.05) is 29.1 Å². The number of amides is 3. The summed E-state index contributed by atoms with van der Waals surface area (Å²) in [4.78, 5) is 56.4. The number of alkyl carbamates (subject to hydrolysis) is 1. The number of benzene rings is 1. The monoisotopic (exact) mass is 626 g/mol. The third-order valence-corrected chi connectivity index (χ3v) is 9.93. The number of aromatic nitrogens is 1. The Hall–Kier alpha value is -3.63. The predicted molar refractivity (Wildman–Crippen MR) is 169 cm³/mol. The number of carbonyl (C=O) groups is 4. The number of hydrogen-bond acceptors (Lipinski definition) is 5. The van der Waals surface area contributed by atoms with Crippen molar-refractivity contribution in [2.45, 2.75) is 103 Å². The summed E-state index contributed by atoms with van der Waals surface area (Å²) < 4.78 is 19.3. The molecule has 4 N–H and O–H groups in total. The number of nitrogens with zero attached hydrogens (tertiary/aromatic N) is 1. The molecule has 246 valence electrons. The van der Waals surface area contributed by atoms with E-state index in [1.54, 1.807) is 43.9 Å². The van der Waals surface area contributed by atoms with E-state index in [0.717, 1.165) is 32.1 Å². The molecule has 0 spiro atoms. The van der Waals surface area contributed by atoms with Crippen LogP contribution in [-0.2, 0) is 14.3 Å². The minimum absolute atomic E-state index is 0.0176.